The predicted octanol–water partition coefficient (Wildman–Crippen LogP) is 1.79. The van der Waals surface area contributed by atoms with Gasteiger partial charge in [0.15, 0.2) is 0 Å². The van der Waals surface area contributed by atoms with E-state index < -0.39 is 17.5 Å². The van der Waals surface area contributed by atoms with Gasteiger partial charge in [0, 0.05) is 5.88 Å². The van der Waals surface area contributed by atoms with Crippen molar-refractivity contribution in [1.29, 1.82) is 0 Å². The zero-order valence-corrected chi connectivity index (χ0v) is 11.6. The van der Waals surface area contributed by atoms with Crippen molar-refractivity contribution in [1.82, 2.24) is 10.3 Å². The SMILES string of the molecule is CCOC(=O)C1(NC(=O)N(CCCl)N=O)CCCC1. The van der Waals surface area contributed by atoms with Gasteiger partial charge in [0.25, 0.3) is 0 Å². The maximum atomic E-state index is 12.0. The Labute approximate surface area is 116 Å². The number of esters is 1. The molecule has 19 heavy (non-hydrogen) atoms. The van der Waals surface area contributed by atoms with Crippen LogP contribution in [0.15, 0.2) is 5.29 Å². The van der Waals surface area contributed by atoms with Gasteiger partial charge in [0.1, 0.15) is 5.54 Å². The number of carbonyl (C=O) groups excluding carboxylic acids is 2. The number of amides is 2. The molecular weight excluding hydrogens is 274 g/mol. The molecule has 1 aliphatic rings. The zero-order chi connectivity index (χ0) is 14.3. The van der Waals surface area contributed by atoms with Gasteiger partial charge in [-0.15, -0.1) is 16.5 Å². The van der Waals surface area contributed by atoms with Crippen LogP contribution in [0.1, 0.15) is 32.6 Å². The van der Waals surface area contributed by atoms with Crippen molar-refractivity contribution < 1.29 is 14.3 Å². The van der Waals surface area contributed by atoms with Crippen molar-refractivity contribution in [2.75, 3.05) is 19.0 Å². The van der Waals surface area contributed by atoms with Crippen LogP contribution in [-0.2, 0) is 9.53 Å². The summed E-state index contributed by atoms with van der Waals surface area (Å²) in [6, 6.07) is -0.717. The second-order valence-electron chi connectivity index (χ2n) is 4.33. The van der Waals surface area contributed by atoms with Crippen molar-refractivity contribution in [2.45, 2.75) is 38.1 Å². The third-order valence-electron chi connectivity index (χ3n) is 3.10. The first-order chi connectivity index (χ1) is 9.09. The molecule has 0 atom stereocenters. The summed E-state index contributed by atoms with van der Waals surface area (Å²) in [5.74, 6) is -0.372. The van der Waals surface area contributed by atoms with Crippen molar-refractivity contribution in [3.63, 3.8) is 0 Å². The Bertz CT molecular complexity index is 345. The minimum absolute atomic E-state index is 0.00417. The Morgan fingerprint density at radius 1 is 1.42 bits per heavy atom. The smallest absolute Gasteiger partial charge is 0.341 e. The molecule has 0 heterocycles. The minimum atomic E-state index is -1.04. The average Bonchev–Trinajstić information content (AvgIpc) is 2.85. The fraction of sp³-hybridized carbons (Fsp3) is 0.818. The maximum absolute atomic E-state index is 12.0. The highest BCUT2D eigenvalue weighted by molar-refractivity contribution is 6.18. The number of nitroso groups, excluding NO2 is 1. The summed E-state index contributed by atoms with van der Waals surface area (Å²) in [6.07, 6.45) is 2.66. The van der Waals surface area contributed by atoms with Gasteiger partial charge in [-0.1, -0.05) is 12.8 Å². The van der Waals surface area contributed by atoms with Crippen LogP contribution in [0.2, 0.25) is 0 Å². The van der Waals surface area contributed by atoms with Gasteiger partial charge in [-0.25, -0.2) is 9.59 Å². The summed E-state index contributed by atoms with van der Waals surface area (Å²) in [7, 11) is 0. The van der Waals surface area contributed by atoms with E-state index in [4.69, 9.17) is 16.3 Å². The topological polar surface area (TPSA) is 88.1 Å². The van der Waals surface area contributed by atoms with Crippen LogP contribution in [0.3, 0.4) is 0 Å². The van der Waals surface area contributed by atoms with Crippen LogP contribution in [0, 0.1) is 4.91 Å². The number of hydrogen-bond donors (Lipinski definition) is 1. The first-order valence-electron chi connectivity index (χ1n) is 6.25. The number of nitrogens with zero attached hydrogens (tertiary/aromatic N) is 2. The second-order valence-corrected chi connectivity index (χ2v) is 4.71. The Kier molecular flexibility index (Phi) is 6.01. The molecule has 0 aromatic rings. The molecule has 0 aromatic carbocycles. The molecule has 108 valence electrons. The van der Waals surface area contributed by atoms with Gasteiger partial charge >= 0.3 is 12.0 Å². The Hall–Kier alpha value is -1.37. The van der Waals surface area contributed by atoms with Crippen molar-refractivity contribution in [3.05, 3.63) is 4.91 Å². The zero-order valence-electron chi connectivity index (χ0n) is 10.9. The number of halogens is 1. The molecule has 8 heteroatoms. The van der Waals surface area contributed by atoms with Crippen LogP contribution >= 0.6 is 11.6 Å². The molecular formula is C11H18ClN3O4. The van der Waals surface area contributed by atoms with Crippen molar-refractivity contribution >= 4 is 23.6 Å². The van der Waals surface area contributed by atoms with Gasteiger partial charge < -0.3 is 10.1 Å². The quantitative estimate of drug-likeness (QED) is 0.350. The molecule has 0 aliphatic heterocycles. The summed E-state index contributed by atoms with van der Waals surface area (Å²) in [4.78, 5) is 34.4. The van der Waals surface area contributed by atoms with E-state index in [9.17, 15) is 14.5 Å². The third kappa shape index (κ3) is 3.79. The molecule has 0 spiro atoms. The highest BCUT2D eigenvalue weighted by atomic mass is 35.5. The molecule has 0 saturated heterocycles. The lowest BCUT2D eigenvalue weighted by Gasteiger charge is -2.28. The summed E-state index contributed by atoms with van der Waals surface area (Å²) in [5, 5.41) is 5.84. The maximum Gasteiger partial charge on any atom is 0.341 e. The van der Waals surface area contributed by atoms with E-state index in [1.54, 1.807) is 6.92 Å². The molecule has 1 rings (SSSR count). The van der Waals surface area contributed by atoms with Crippen molar-refractivity contribution in [3.8, 4) is 0 Å². The molecule has 2 amide bonds. The van der Waals surface area contributed by atoms with Gasteiger partial charge in [0.05, 0.1) is 18.4 Å². The number of alkyl halides is 1. The molecule has 0 bridgehead atoms. The standard InChI is InChI=1S/C11H18ClN3O4/c1-2-19-9(16)11(5-3-4-6-11)13-10(17)15(14-18)8-7-12/h2-8H2,1H3,(H,13,17). The van der Waals surface area contributed by atoms with E-state index >= 15 is 0 Å². The number of nitrogens with one attached hydrogen (secondary N) is 1. The second kappa shape index (κ2) is 7.28. The molecule has 0 radical (unpaired) electrons. The Morgan fingerprint density at radius 3 is 2.53 bits per heavy atom. The molecule has 7 nitrogen and oxygen atoms in total. The van der Waals surface area contributed by atoms with Gasteiger partial charge in [-0.3, -0.25) is 0 Å². The molecule has 0 unspecified atom stereocenters. The Morgan fingerprint density at radius 2 is 2.05 bits per heavy atom. The molecule has 1 saturated carbocycles. The van der Waals surface area contributed by atoms with Crippen molar-refractivity contribution in [2.24, 2.45) is 5.29 Å². The number of urea groups is 1. The minimum Gasteiger partial charge on any atom is -0.464 e. The number of rotatable bonds is 6. The highest BCUT2D eigenvalue weighted by Crippen LogP contribution is 2.31. The molecule has 1 N–H and O–H groups in total. The van der Waals surface area contributed by atoms with E-state index in [1.165, 1.54) is 0 Å². The van der Waals surface area contributed by atoms with E-state index in [0.29, 0.717) is 17.9 Å². The van der Waals surface area contributed by atoms with Crippen LogP contribution in [0.5, 0.6) is 0 Å². The van der Waals surface area contributed by atoms with Gasteiger partial charge in [0.2, 0.25) is 0 Å². The number of ether oxygens (including phenoxy) is 1. The first kappa shape index (κ1) is 15.7. The lowest BCUT2D eigenvalue weighted by Crippen LogP contribution is -2.56. The summed E-state index contributed by atoms with van der Waals surface area (Å²) in [5.41, 5.74) is -1.04. The first-order valence-corrected chi connectivity index (χ1v) is 6.79. The average molecular weight is 292 g/mol. The van der Waals surface area contributed by atoms with E-state index in [2.05, 4.69) is 10.6 Å². The summed E-state index contributed by atoms with van der Waals surface area (Å²) in [6.45, 7) is 1.94. The molecule has 1 aliphatic carbocycles. The van der Waals surface area contributed by atoms with Gasteiger partial charge in [-0.05, 0) is 19.8 Å². The fourth-order valence-corrected chi connectivity index (χ4v) is 2.32. The number of hydrogen-bond acceptors (Lipinski definition) is 5. The van der Waals surface area contributed by atoms with Crippen LogP contribution in [0.25, 0.3) is 0 Å². The largest absolute Gasteiger partial charge is 0.464 e. The third-order valence-corrected chi connectivity index (χ3v) is 3.27. The lowest BCUT2D eigenvalue weighted by atomic mass is 9.98. The predicted molar refractivity (Wildman–Crippen MR) is 69.6 cm³/mol. The highest BCUT2D eigenvalue weighted by Gasteiger charge is 2.44. The molecule has 1 fully saturated rings. The van der Waals surface area contributed by atoms with Crippen LogP contribution < -0.4 is 5.32 Å². The van der Waals surface area contributed by atoms with E-state index in [0.717, 1.165) is 12.8 Å². The normalized spacial score (nSPS) is 16.7. The summed E-state index contributed by atoms with van der Waals surface area (Å²) < 4.78 is 5.00. The number of carbonyl (C=O) groups is 2. The monoisotopic (exact) mass is 291 g/mol. The van der Waals surface area contributed by atoms with E-state index in [1.807, 2.05) is 0 Å². The van der Waals surface area contributed by atoms with E-state index in [-0.39, 0.29) is 19.0 Å². The lowest BCUT2D eigenvalue weighted by molar-refractivity contribution is -0.150. The van der Waals surface area contributed by atoms with Gasteiger partial charge in [-0.2, -0.15) is 5.01 Å². The van der Waals surface area contributed by atoms with Crippen LogP contribution in [0.4, 0.5) is 4.79 Å². The fourth-order valence-electron chi connectivity index (χ4n) is 2.16. The summed E-state index contributed by atoms with van der Waals surface area (Å²) >= 11 is 5.47. The van der Waals surface area contributed by atoms with Crippen LogP contribution in [-0.4, -0.2) is 41.6 Å². The molecule has 0 aromatic heterocycles. The Balaban J connectivity index is 2.75.